The number of aryl methyl sites for hydroxylation is 1. The summed E-state index contributed by atoms with van der Waals surface area (Å²) in [4.78, 5) is 11.6. The molecule has 0 atom stereocenters. The number of halogens is 1. The topological polar surface area (TPSA) is 91.4 Å². The number of nitrogens with zero attached hydrogens (tertiary/aromatic N) is 3. The summed E-state index contributed by atoms with van der Waals surface area (Å²) in [6, 6.07) is 11.8. The van der Waals surface area contributed by atoms with Crippen molar-refractivity contribution in [1.82, 2.24) is 15.3 Å². The Morgan fingerprint density at radius 2 is 1.80 bits per heavy atom. The second-order valence-corrected chi connectivity index (χ2v) is 14.9. The van der Waals surface area contributed by atoms with E-state index in [1.54, 1.807) is 26.6 Å². The predicted molar refractivity (Wildman–Crippen MR) is 167 cm³/mol. The highest BCUT2D eigenvalue weighted by atomic mass is 35.5. The number of para-hydroxylation sites is 1. The Hall–Kier alpha value is -2.80. The van der Waals surface area contributed by atoms with Crippen LogP contribution < -0.4 is 30.9 Å². The molecule has 1 spiro atoms. The zero-order chi connectivity index (χ0) is 28.3. The van der Waals surface area contributed by atoms with Crippen LogP contribution in [0.2, 0.25) is 5.02 Å². The molecule has 0 unspecified atom stereocenters. The van der Waals surface area contributed by atoms with Gasteiger partial charge in [0.1, 0.15) is 17.9 Å². The molecule has 40 heavy (non-hydrogen) atoms. The van der Waals surface area contributed by atoms with E-state index >= 15 is 0 Å². The van der Waals surface area contributed by atoms with Crippen molar-refractivity contribution in [3.63, 3.8) is 0 Å². The first kappa shape index (κ1) is 28.7. The molecule has 0 bridgehead atoms. The van der Waals surface area contributed by atoms with E-state index in [2.05, 4.69) is 49.9 Å². The van der Waals surface area contributed by atoms with Crippen LogP contribution in [-0.2, 0) is 11.0 Å². The van der Waals surface area contributed by atoms with Crippen molar-refractivity contribution in [1.29, 1.82) is 0 Å². The summed E-state index contributed by atoms with van der Waals surface area (Å²) in [5.74, 6) is 1.57. The number of anilines is 5. The Morgan fingerprint density at radius 3 is 2.48 bits per heavy atom. The SMILES string of the molecule is CCc1cc(Nc2ncc(Cl)c(Nc3ccccc3P(C)(C)=O)n2)c(OC)cc1N1CCC2(CCNCC2)CC1. The van der Waals surface area contributed by atoms with Crippen molar-refractivity contribution in [3.05, 3.63) is 53.2 Å². The molecule has 2 fully saturated rings. The number of hydrogen-bond acceptors (Lipinski definition) is 8. The molecule has 3 aromatic rings. The van der Waals surface area contributed by atoms with Gasteiger partial charge in [0.25, 0.3) is 0 Å². The Labute approximate surface area is 242 Å². The fourth-order valence-electron chi connectivity index (χ4n) is 5.95. The van der Waals surface area contributed by atoms with Gasteiger partial charge in [-0.1, -0.05) is 30.7 Å². The van der Waals surface area contributed by atoms with Crippen LogP contribution in [0.3, 0.4) is 0 Å². The molecule has 2 aliphatic heterocycles. The number of nitrogens with one attached hydrogen (secondary N) is 3. The van der Waals surface area contributed by atoms with E-state index in [1.165, 1.54) is 36.9 Å². The van der Waals surface area contributed by atoms with E-state index in [9.17, 15) is 4.57 Å². The molecule has 214 valence electrons. The van der Waals surface area contributed by atoms with Crippen molar-refractivity contribution in [2.45, 2.75) is 39.0 Å². The molecule has 0 amide bonds. The Balaban J connectivity index is 1.38. The van der Waals surface area contributed by atoms with Gasteiger partial charge in [-0.3, -0.25) is 0 Å². The molecular weight excluding hydrogens is 543 g/mol. The van der Waals surface area contributed by atoms with Crippen LogP contribution in [0.15, 0.2) is 42.6 Å². The molecule has 0 radical (unpaired) electrons. The molecule has 2 aromatic carbocycles. The summed E-state index contributed by atoms with van der Waals surface area (Å²) in [6.07, 6.45) is 7.51. The Kier molecular flexibility index (Phi) is 8.60. The lowest BCUT2D eigenvalue weighted by atomic mass is 9.71. The van der Waals surface area contributed by atoms with Gasteiger partial charge in [0.05, 0.1) is 24.7 Å². The number of aromatic nitrogens is 2. The average Bonchev–Trinajstić information content (AvgIpc) is 2.95. The number of benzene rings is 2. The zero-order valence-electron chi connectivity index (χ0n) is 23.9. The third-order valence-corrected chi connectivity index (χ3v) is 10.2. The maximum absolute atomic E-state index is 12.8. The summed E-state index contributed by atoms with van der Waals surface area (Å²) >= 11 is 6.46. The van der Waals surface area contributed by atoms with E-state index in [-0.39, 0.29) is 0 Å². The predicted octanol–water partition coefficient (Wildman–Crippen LogP) is 6.41. The number of piperidine rings is 2. The summed E-state index contributed by atoms with van der Waals surface area (Å²) in [5, 5.41) is 11.2. The van der Waals surface area contributed by atoms with E-state index in [4.69, 9.17) is 16.3 Å². The van der Waals surface area contributed by atoms with Gasteiger partial charge in [0, 0.05) is 30.1 Å². The third-order valence-electron chi connectivity index (χ3n) is 8.34. The molecule has 5 rings (SSSR count). The van der Waals surface area contributed by atoms with Crippen molar-refractivity contribution < 1.29 is 9.30 Å². The molecule has 3 heterocycles. The third kappa shape index (κ3) is 6.24. The summed E-state index contributed by atoms with van der Waals surface area (Å²) in [7, 11) is -0.818. The lowest BCUT2D eigenvalue weighted by Gasteiger charge is -2.45. The molecule has 2 aliphatic rings. The first-order valence-electron chi connectivity index (χ1n) is 14.1. The van der Waals surface area contributed by atoms with Gasteiger partial charge < -0.3 is 30.2 Å². The van der Waals surface area contributed by atoms with E-state index in [0.717, 1.165) is 49.3 Å². The summed E-state index contributed by atoms with van der Waals surface area (Å²) in [6.45, 7) is 10.1. The molecule has 1 aromatic heterocycles. The molecule has 0 aliphatic carbocycles. The fourth-order valence-corrected chi connectivity index (χ4v) is 7.24. The molecule has 0 saturated carbocycles. The number of ether oxygens (including phenoxy) is 1. The summed E-state index contributed by atoms with van der Waals surface area (Å²) in [5.41, 5.74) is 4.52. The van der Waals surface area contributed by atoms with E-state index in [0.29, 0.717) is 27.9 Å². The smallest absolute Gasteiger partial charge is 0.229 e. The first-order chi connectivity index (χ1) is 19.2. The van der Waals surface area contributed by atoms with Crippen molar-refractivity contribution in [2.24, 2.45) is 5.41 Å². The minimum atomic E-state index is -2.51. The van der Waals surface area contributed by atoms with Gasteiger partial charge in [-0.2, -0.15) is 4.98 Å². The second-order valence-electron chi connectivity index (χ2n) is 11.3. The second kappa shape index (κ2) is 12.0. The van der Waals surface area contributed by atoms with Crippen LogP contribution >= 0.6 is 18.7 Å². The number of rotatable bonds is 8. The molecular formula is C30H40ClN6O2P. The lowest BCUT2D eigenvalue weighted by molar-refractivity contribution is 0.155. The molecule has 2 saturated heterocycles. The Bertz CT molecular complexity index is 1390. The van der Waals surface area contributed by atoms with Crippen LogP contribution in [0.4, 0.5) is 28.8 Å². The van der Waals surface area contributed by atoms with Crippen LogP contribution in [-0.4, -0.2) is 56.6 Å². The quantitative estimate of drug-likeness (QED) is 0.263. The van der Waals surface area contributed by atoms with Gasteiger partial charge in [0.2, 0.25) is 5.95 Å². The van der Waals surface area contributed by atoms with E-state index < -0.39 is 7.14 Å². The highest BCUT2D eigenvalue weighted by Gasteiger charge is 2.36. The largest absolute Gasteiger partial charge is 0.494 e. The molecule has 8 nitrogen and oxygen atoms in total. The van der Waals surface area contributed by atoms with Gasteiger partial charge in [-0.15, -0.1) is 0 Å². The maximum Gasteiger partial charge on any atom is 0.229 e. The first-order valence-corrected chi connectivity index (χ1v) is 17.1. The van der Waals surface area contributed by atoms with Crippen molar-refractivity contribution >= 4 is 52.9 Å². The van der Waals surface area contributed by atoms with Gasteiger partial charge in [-0.25, -0.2) is 4.98 Å². The highest BCUT2D eigenvalue weighted by Crippen LogP contribution is 2.43. The number of hydrogen-bond donors (Lipinski definition) is 3. The minimum absolute atomic E-state index is 0.371. The minimum Gasteiger partial charge on any atom is -0.494 e. The highest BCUT2D eigenvalue weighted by molar-refractivity contribution is 7.70. The fraction of sp³-hybridized carbons (Fsp3) is 0.467. The monoisotopic (exact) mass is 582 g/mol. The Morgan fingerprint density at radius 1 is 1.07 bits per heavy atom. The standard InChI is InChI=1S/C30H40ClN6O2P/c1-5-21-18-24(26(39-2)19-25(21)37-16-12-30(13-17-37)10-14-32-15-11-30)35-29-33-20-22(31)28(36-29)34-23-8-6-7-9-27(23)40(3,4)38/h6-9,18-20,32H,5,10-17H2,1-4H3,(H2,33,34,35,36). The average molecular weight is 583 g/mol. The molecule has 10 heteroatoms. The maximum atomic E-state index is 12.8. The van der Waals surface area contributed by atoms with Gasteiger partial charge in [-0.05, 0) is 87.7 Å². The molecule has 3 N–H and O–H groups in total. The van der Waals surface area contributed by atoms with Gasteiger partial charge >= 0.3 is 0 Å². The van der Waals surface area contributed by atoms with Crippen LogP contribution in [0.5, 0.6) is 5.75 Å². The zero-order valence-corrected chi connectivity index (χ0v) is 25.5. The van der Waals surface area contributed by atoms with Crippen molar-refractivity contribution in [2.75, 3.05) is 62.2 Å². The van der Waals surface area contributed by atoms with Crippen LogP contribution in [0.25, 0.3) is 0 Å². The normalized spacial score (nSPS) is 17.1. The number of methoxy groups -OCH3 is 1. The van der Waals surface area contributed by atoms with Crippen LogP contribution in [0.1, 0.15) is 38.2 Å². The lowest BCUT2D eigenvalue weighted by Crippen LogP contribution is -2.45. The van der Waals surface area contributed by atoms with Crippen molar-refractivity contribution in [3.8, 4) is 5.75 Å². The van der Waals surface area contributed by atoms with Crippen LogP contribution in [0, 0.1) is 5.41 Å². The van der Waals surface area contributed by atoms with E-state index in [1.807, 2.05) is 24.3 Å². The summed E-state index contributed by atoms with van der Waals surface area (Å²) < 4.78 is 18.7. The van der Waals surface area contributed by atoms with Gasteiger partial charge in [0.15, 0.2) is 5.82 Å².